The van der Waals surface area contributed by atoms with Gasteiger partial charge >= 0.3 is 0 Å². The van der Waals surface area contributed by atoms with Gasteiger partial charge in [0.25, 0.3) is 11.8 Å². The Morgan fingerprint density at radius 3 is 2.38 bits per heavy atom. The number of fused-ring (bicyclic) bond motifs is 1. The SMILES string of the molecule is Cc1ccc(C2=C(Nc3ccc4c(c3)OCCO4)C(=O)N(c3cccc(Cl)c3)C2=O)cc1. The Labute approximate surface area is 190 Å². The fraction of sp³-hybridized carbons (Fsp3) is 0.120. The predicted octanol–water partition coefficient (Wildman–Crippen LogP) is 4.82. The third-order valence-electron chi connectivity index (χ3n) is 5.30. The van der Waals surface area contributed by atoms with Gasteiger partial charge in [0.1, 0.15) is 18.9 Å². The molecule has 5 rings (SSSR count). The highest BCUT2D eigenvalue weighted by Gasteiger charge is 2.40. The zero-order valence-electron chi connectivity index (χ0n) is 17.2. The van der Waals surface area contributed by atoms with Crippen molar-refractivity contribution < 1.29 is 19.1 Å². The third-order valence-corrected chi connectivity index (χ3v) is 5.54. The normalized spacial score (nSPS) is 15.4. The number of carbonyl (C=O) groups is 2. The summed E-state index contributed by atoms with van der Waals surface area (Å²) in [6.45, 7) is 2.91. The van der Waals surface area contributed by atoms with Crippen LogP contribution in [0.15, 0.2) is 72.4 Å². The molecule has 2 aliphatic heterocycles. The molecule has 160 valence electrons. The van der Waals surface area contributed by atoms with E-state index in [1.54, 1.807) is 42.5 Å². The van der Waals surface area contributed by atoms with Gasteiger partial charge in [0.05, 0.1) is 11.3 Å². The molecule has 0 saturated carbocycles. The zero-order valence-corrected chi connectivity index (χ0v) is 18.0. The maximum Gasteiger partial charge on any atom is 0.282 e. The van der Waals surface area contributed by atoms with Crippen LogP contribution in [0.5, 0.6) is 11.5 Å². The second-order valence-electron chi connectivity index (χ2n) is 7.53. The van der Waals surface area contributed by atoms with Crippen LogP contribution >= 0.6 is 11.6 Å². The number of ether oxygens (including phenoxy) is 2. The summed E-state index contributed by atoms with van der Waals surface area (Å²) in [5, 5.41) is 3.59. The van der Waals surface area contributed by atoms with Crippen LogP contribution in [0.25, 0.3) is 5.57 Å². The minimum absolute atomic E-state index is 0.190. The number of hydrogen-bond donors (Lipinski definition) is 1. The first kappa shape index (κ1) is 20.2. The first-order valence-electron chi connectivity index (χ1n) is 10.1. The minimum atomic E-state index is -0.456. The third kappa shape index (κ3) is 3.59. The molecule has 0 saturated heterocycles. The molecule has 0 aromatic heterocycles. The summed E-state index contributed by atoms with van der Waals surface area (Å²) in [7, 11) is 0. The van der Waals surface area contributed by atoms with Crippen LogP contribution < -0.4 is 19.7 Å². The van der Waals surface area contributed by atoms with Crippen LogP contribution in [0, 0.1) is 6.92 Å². The molecule has 0 aliphatic carbocycles. The summed E-state index contributed by atoms with van der Waals surface area (Å²) in [5.74, 6) is 0.356. The van der Waals surface area contributed by atoms with Crippen molar-refractivity contribution in [3.8, 4) is 11.5 Å². The molecule has 0 atom stereocenters. The number of halogens is 1. The van der Waals surface area contributed by atoms with Gasteiger partial charge in [0.2, 0.25) is 0 Å². The Kier molecular flexibility index (Phi) is 5.07. The number of imide groups is 1. The van der Waals surface area contributed by atoms with Gasteiger partial charge in [-0.15, -0.1) is 0 Å². The van der Waals surface area contributed by atoms with Gasteiger partial charge in [-0.2, -0.15) is 0 Å². The van der Waals surface area contributed by atoms with Crippen molar-refractivity contribution in [1.29, 1.82) is 0 Å². The second kappa shape index (κ2) is 8.05. The van der Waals surface area contributed by atoms with E-state index in [4.69, 9.17) is 21.1 Å². The Morgan fingerprint density at radius 1 is 0.875 bits per heavy atom. The number of benzene rings is 3. The Hall–Kier alpha value is -3.77. The predicted molar refractivity (Wildman–Crippen MR) is 123 cm³/mol. The molecule has 32 heavy (non-hydrogen) atoms. The van der Waals surface area contributed by atoms with E-state index in [0.717, 1.165) is 10.5 Å². The zero-order chi connectivity index (χ0) is 22.2. The van der Waals surface area contributed by atoms with E-state index in [1.807, 2.05) is 31.2 Å². The molecule has 0 fully saturated rings. The maximum atomic E-state index is 13.5. The van der Waals surface area contributed by atoms with E-state index < -0.39 is 11.8 Å². The van der Waals surface area contributed by atoms with Gasteiger partial charge in [-0.3, -0.25) is 9.59 Å². The van der Waals surface area contributed by atoms with E-state index >= 15 is 0 Å². The number of anilines is 2. The van der Waals surface area contributed by atoms with Crippen molar-refractivity contribution in [2.45, 2.75) is 6.92 Å². The molecule has 7 heteroatoms. The second-order valence-corrected chi connectivity index (χ2v) is 7.96. The summed E-state index contributed by atoms with van der Waals surface area (Å²) in [6, 6.07) is 19.5. The van der Waals surface area contributed by atoms with Gasteiger partial charge in [-0.1, -0.05) is 47.5 Å². The fourth-order valence-corrected chi connectivity index (χ4v) is 3.93. The minimum Gasteiger partial charge on any atom is -0.486 e. The van der Waals surface area contributed by atoms with Crippen LogP contribution in [0.4, 0.5) is 11.4 Å². The molecule has 3 aromatic carbocycles. The van der Waals surface area contributed by atoms with Gasteiger partial charge in [-0.25, -0.2) is 4.90 Å². The quantitative estimate of drug-likeness (QED) is 0.582. The molecular weight excluding hydrogens is 428 g/mol. The largest absolute Gasteiger partial charge is 0.486 e. The molecule has 2 amide bonds. The van der Waals surface area contributed by atoms with Gasteiger partial charge in [0.15, 0.2) is 11.5 Å². The molecule has 2 aliphatic rings. The molecular formula is C25H19ClN2O4. The highest BCUT2D eigenvalue weighted by Crippen LogP contribution is 2.37. The van der Waals surface area contributed by atoms with Crippen LogP contribution in [0.3, 0.4) is 0 Å². The highest BCUT2D eigenvalue weighted by atomic mass is 35.5. The summed E-state index contributed by atoms with van der Waals surface area (Å²) in [6.07, 6.45) is 0. The molecule has 6 nitrogen and oxygen atoms in total. The molecule has 0 spiro atoms. The number of amides is 2. The topological polar surface area (TPSA) is 67.9 Å². The van der Waals surface area contributed by atoms with Crippen molar-refractivity contribution in [1.82, 2.24) is 0 Å². The number of aryl methyl sites for hydroxylation is 1. The van der Waals surface area contributed by atoms with E-state index in [9.17, 15) is 9.59 Å². The van der Waals surface area contributed by atoms with E-state index in [-0.39, 0.29) is 5.70 Å². The van der Waals surface area contributed by atoms with E-state index in [1.165, 1.54) is 0 Å². The van der Waals surface area contributed by atoms with Gasteiger partial charge in [-0.05, 0) is 42.8 Å². The van der Waals surface area contributed by atoms with Crippen molar-refractivity contribution in [2.75, 3.05) is 23.4 Å². The Bertz CT molecular complexity index is 1270. The van der Waals surface area contributed by atoms with Crippen LogP contribution in [0.1, 0.15) is 11.1 Å². The number of rotatable bonds is 4. The Balaban J connectivity index is 1.59. The van der Waals surface area contributed by atoms with Crippen LogP contribution in [-0.2, 0) is 9.59 Å². The number of carbonyl (C=O) groups excluding carboxylic acids is 2. The van der Waals surface area contributed by atoms with Gasteiger partial charge < -0.3 is 14.8 Å². The number of nitrogens with one attached hydrogen (secondary N) is 1. The molecule has 0 bridgehead atoms. The Morgan fingerprint density at radius 2 is 1.62 bits per heavy atom. The van der Waals surface area contributed by atoms with Crippen molar-refractivity contribution in [3.05, 3.63) is 88.6 Å². The lowest BCUT2D eigenvalue weighted by atomic mass is 10.0. The summed E-state index contributed by atoms with van der Waals surface area (Å²) in [4.78, 5) is 28.1. The number of hydrogen-bond acceptors (Lipinski definition) is 5. The average Bonchev–Trinajstić information content (AvgIpc) is 3.03. The van der Waals surface area contributed by atoms with Gasteiger partial charge in [0, 0.05) is 16.8 Å². The molecule has 0 unspecified atom stereocenters. The summed E-state index contributed by atoms with van der Waals surface area (Å²) in [5.41, 5.74) is 3.22. The standard InChI is InChI=1S/C25H19ClN2O4/c1-15-5-7-16(8-6-15)22-23(27-18-9-10-20-21(14-18)32-12-11-31-20)25(30)28(24(22)29)19-4-2-3-17(26)13-19/h2-10,13-14,27H,11-12H2,1H3. The van der Waals surface area contributed by atoms with E-state index in [2.05, 4.69) is 5.32 Å². The monoisotopic (exact) mass is 446 g/mol. The summed E-state index contributed by atoms with van der Waals surface area (Å²) < 4.78 is 11.2. The first-order chi connectivity index (χ1) is 15.5. The average molecular weight is 447 g/mol. The first-order valence-corrected chi connectivity index (χ1v) is 10.5. The fourth-order valence-electron chi connectivity index (χ4n) is 3.75. The number of nitrogens with zero attached hydrogens (tertiary/aromatic N) is 1. The summed E-state index contributed by atoms with van der Waals surface area (Å²) >= 11 is 6.12. The molecule has 0 radical (unpaired) electrons. The smallest absolute Gasteiger partial charge is 0.282 e. The van der Waals surface area contributed by atoms with E-state index in [0.29, 0.717) is 52.2 Å². The lowest BCUT2D eigenvalue weighted by Gasteiger charge is -2.19. The maximum absolute atomic E-state index is 13.5. The molecule has 2 heterocycles. The van der Waals surface area contributed by atoms with Crippen molar-refractivity contribution in [2.24, 2.45) is 0 Å². The van der Waals surface area contributed by atoms with Crippen molar-refractivity contribution in [3.63, 3.8) is 0 Å². The van der Waals surface area contributed by atoms with Crippen molar-refractivity contribution >= 4 is 40.4 Å². The molecule has 3 aromatic rings. The highest BCUT2D eigenvalue weighted by molar-refractivity contribution is 6.46. The molecule has 1 N–H and O–H groups in total. The van der Waals surface area contributed by atoms with Crippen LogP contribution in [-0.4, -0.2) is 25.0 Å². The lowest BCUT2D eigenvalue weighted by Crippen LogP contribution is -2.32. The lowest BCUT2D eigenvalue weighted by molar-refractivity contribution is -0.120. The van der Waals surface area contributed by atoms with Crippen LogP contribution in [0.2, 0.25) is 5.02 Å².